The van der Waals surface area contributed by atoms with E-state index in [0.29, 0.717) is 17.5 Å². The number of rotatable bonds is 6. The van der Waals surface area contributed by atoms with Crippen molar-refractivity contribution in [2.24, 2.45) is 0 Å². The molecule has 0 saturated carbocycles. The molecule has 8 nitrogen and oxygen atoms in total. The Morgan fingerprint density at radius 1 is 1.00 bits per heavy atom. The van der Waals surface area contributed by atoms with Crippen LogP contribution in [0.3, 0.4) is 0 Å². The van der Waals surface area contributed by atoms with E-state index < -0.39 is 18.1 Å². The van der Waals surface area contributed by atoms with E-state index in [-0.39, 0.29) is 13.2 Å². The highest BCUT2D eigenvalue weighted by atomic mass is 19.4. The minimum atomic E-state index is -4.71. The summed E-state index contributed by atoms with van der Waals surface area (Å²) in [5.74, 6) is 0.111. The van der Waals surface area contributed by atoms with Crippen LogP contribution in [0.4, 0.5) is 13.2 Å². The van der Waals surface area contributed by atoms with Crippen LogP contribution in [-0.2, 0) is 6.18 Å². The molecular formula is C16H15F3N4O4. The lowest BCUT2D eigenvalue weighted by Crippen LogP contribution is -2.10. The zero-order valence-electron chi connectivity index (χ0n) is 14.6. The molecule has 0 spiro atoms. The highest BCUT2D eigenvalue weighted by Gasteiger charge is 2.38. The quantitative estimate of drug-likeness (QED) is 0.596. The van der Waals surface area contributed by atoms with Crippen LogP contribution in [0.25, 0.3) is 11.4 Å². The second-order valence-electron chi connectivity index (χ2n) is 5.64. The zero-order chi connectivity index (χ0) is 19.6. The molecule has 1 aromatic carbocycles. The molecule has 0 unspecified atom stereocenters. The van der Waals surface area contributed by atoms with Crippen molar-refractivity contribution in [3.8, 4) is 23.2 Å². The van der Waals surface area contributed by atoms with Crippen LogP contribution in [0.15, 0.2) is 21.1 Å². The number of ether oxygens (including phenoxy) is 2. The number of nitrogens with zero attached hydrogens (tertiary/aromatic N) is 4. The molecule has 0 aliphatic carbocycles. The van der Waals surface area contributed by atoms with Gasteiger partial charge in [0, 0.05) is 12.5 Å². The van der Waals surface area contributed by atoms with Gasteiger partial charge in [0.2, 0.25) is 11.7 Å². The van der Waals surface area contributed by atoms with E-state index in [1.54, 1.807) is 6.92 Å². The lowest BCUT2D eigenvalue weighted by molar-refractivity contribution is -0.158. The third kappa shape index (κ3) is 4.36. The van der Waals surface area contributed by atoms with E-state index >= 15 is 0 Å². The molecular weight excluding hydrogens is 369 g/mol. The minimum Gasteiger partial charge on any atom is -0.489 e. The first-order valence-corrected chi connectivity index (χ1v) is 7.82. The van der Waals surface area contributed by atoms with Crippen molar-refractivity contribution < 1.29 is 31.6 Å². The number of aryl methyl sites for hydroxylation is 3. The predicted octanol–water partition coefficient (Wildman–Crippen LogP) is 3.52. The van der Waals surface area contributed by atoms with Gasteiger partial charge in [0.05, 0.1) is 0 Å². The van der Waals surface area contributed by atoms with Gasteiger partial charge in [-0.1, -0.05) is 15.4 Å². The van der Waals surface area contributed by atoms with Gasteiger partial charge in [0.1, 0.15) is 19.0 Å². The Labute approximate surface area is 151 Å². The summed E-state index contributed by atoms with van der Waals surface area (Å²) in [4.78, 5) is 4.18. The Morgan fingerprint density at radius 2 is 1.67 bits per heavy atom. The molecule has 3 aromatic rings. The van der Waals surface area contributed by atoms with Crippen LogP contribution >= 0.6 is 0 Å². The Bertz CT molecular complexity index is 913. The normalized spacial score (nSPS) is 11.6. The SMILES string of the molecule is Cc1nc(-c2cc(C)c(OCCOc3nnc(C(F)(F)F)o3)c(C)c2)no1. The summed E-state index contributed by atoms with van der Waals surface area (Å²) in [6, 6.07) is 3.70. The summed E-state index contributed by atoms with van der Waals surface area (Å²) in [5.41, 5.74) is 2.46. The van der Waals surface area contributed by atoms with E-state index in [0.717, 1.165) is 16.7 Å². The third-order valence-corrected chi connectivity index (χ3v) is 3.45. The van der Waals surface area contributed by atoms with Gasteiger partial charge < -0.3 is 18.4 Å². The molecule has 0 aliphatic rings. The second-order valence-corrected chi connectivity index (χ2v) is 5.64. The van der Waals surface area contributed by atoms with E-state index in [9.17, 15) is 13.2 Å². The first-order valence-electron chi connectivity index (χ1n) is 7.82. The third-order valence-electron chi connectivity index (χ3n) is 3.45. The highest BCUT2D eigenvalue weighted by Crippen LogP contribution is 2.30. The molecule has 0 saturated heterocycles. The summed E-state index contributed by atoms with van der Waals surface area (Å²) < 4.78 is 57.1. The van der Waals surface area contributed by atoms with Crippen LogP contribution in [0, 0.1) is 20.8 Å². The fraction of sp³-hybridized carbons (Fsp3) is 0.375. The van der Waals surface area contributed by atoms with Gasteiger partial charge in [-0.3, -0.25) is 0 Å². The van der Waals surface area contributed by atoms with Gasteiger partial charge in [0.15, 0.2) is 0 Å². The number of alkyl halides is 3. The van der Waals surface area contributed by atoms with Gasteiger partial charge in [0.25, 0.3) is 0 Å². The molecule has 0 bridgehead atoms. The summed E-state index contributed by atoms with van der Waals surface area (Å²) in [6.07, 6.45) is -5.28. The van der Waals surface area contributed by atoms with E-state index in [4.69, 9.17) is 14.0 Å². The number of hydrogen-bond acceptors (Lipinski definition) is 8. The van der Waals surface area contributed by atoms with E-state index in [1.807, 2.05) is 26.0 Å². The first-order chi connectivity index (χ1) is 12.7. The van der Waals surface area contributed by atoms with Crippen LogP contribution < -0.4 is 9.47 Å². The van der Waals surface area contributed by atoms with Crippen molar-refractivity contribution in [3.05, 3.63) is 35.0 Å². The average Bonchev–Trinajstić information content (AvgIpc) is 3.22. The predicted molar refractivity (Wildman–Crippen MR) is 84.2 cm³/mol. The van der Waals surface area contributed by atoms with Crippen molar-refractivity contribution >= 4 is 0 Å². The lowest BCUT2D eigenvalue weighted by atomic mass is 10.1. The molecule has 2 heterocycles. The molecule has 0 radical (unpaired) electrons. The molecule has 144 valence electrons. The van der Waals surface area contributed by atoms with E-state index in [1.165, 1.54) is 0 Å². The first kappa shape index (κ1) is 18.7. The molecule has 11 heteroatoms. The molecule has 2 aromatic heterocycles. The van der Waals surface area contributed by atoms with Crippen LogP contribution in [0.5, 0.6) is 11.8 Å². The van der Waals surface area contributed by atoms with Crippen molar-refractivity contribution in [3.63, 3.8) is 0 Å². The Hall–Kier alpha value is -3.11. The molecule has 3 rings (SSSR count). The Kier molecular flexibility index (Phi) is 5.02. The fourth-order valence-electron chi connectivity index (χ4n) is 2.38. The summed E-state index contributed by atoms with van der Waals surface area (Å²) >= 11 is 0. The topological polar surface area (TPSA) is 96.3 Å². The van der Waals surface area contributed by atoms with Crippen molar-refractivity contribution in [2.45, 2.75) is 26.9 Å². The fourth-order valence-corrected chi connectivity index (χ4v) is 2.38. The summed E-state index contributed by atoms with van der Waals surface area (Å²) in [5, 5.41) is 9.91. The molecule has 0 fully saturated rings. The lowest BCUT2D eigenvalue weighted by Gasteiger charge is -2.13. The minimum absolute atomic E-state index is 0.0653. The second kappa shape index (κ2) is 7.25. The summed E-state index contributed by atoms with van der Waals surface area (Å²) in [6.45, 7) is 5.42. The smallest absolute Gasteiger partial charge is 0.470 e. The standard InChI is InChI=1S/C16H15F3N4O4/c1-8-6-11(13-20-10(3)27-23-13)7-9(2)12(8)24-4-5-25-15-22-21-14(26-15)16(17,18)19/h6-7H,4-5H2,1-3H3. The van der Waals surface area contributed by atoms with Crippen molar-refractivity contribution in [1.29, 1.82) is 0 Å². The monoisotopic (exact) mass is 384 g/mol. The Balaban J connectivity index is 1.59. The van der Waals surface area contributed by atoms with Crippen LogP contribution in [0.1, 0.15) is 22.9 Å². The number of aromatic nitrogens is 4. The van der Waals surface area contributed by atoms with Crippen molar-refractivity contribution in [2.75, 3.05) is 13.2 Å². The zero-order valence-corrected chi connectivity index (χ0v) is 14.6. The van der Waals surface area contributed by atoms with Crippen LogP contribution in [-0.4, -0.2) is 33.6 Å². The number of benzene rings is 1. The molecule has 0 atom stereocenters. The van der Waals surface area contributed by atoms with Crippen LogP contribution in [0.2, 0.25) is 0 Å². The van der Waals surface area contributed by atoms with Crippen molar-refractivity contribution in [1.82, 2.24) is 20.3 Å². The Morgan fingerprint density at radius 3 is 2.22 bits per heavy atom. The van der Waals surface area contributed by atoms with Gasteiger partial charge in [-0.2, -0.15) is 18.2 Å². The maximum absolute atomic E-state index is 12.4. The van der Waals surface area contributed by atoms with Gasteiger partial charge in [-0.15, -0.1) is 0 Å². The molecule has 0 aliphatic heterocycles. The largest absolute Gasteiger partial charge is 0.489 e. The maximum Gasteiger partial charge on any atom is 0.470 e. The highest BCUT2D eigenvalue weighted by molar-refractivity contribution is 5.60. The van der Waals surface area contributed by atoms with Gasteiger partial charge >= 0.3 is 18.1 Å². The van der Waals surface area contributed by atoms with E-state index in [2.05, 4.69) is 24.8 Å². The summed E-state index contributed by atoms with van der Waals surface area (Å²) in [7, 11) is 0. The number of halogens is 3. The van der Waals surface area contributed by atoms with Gasteiger partial charge in [-0.25, -0.2) is 0 Å². The maximum atomic E-state index is 12.4. The molecule has 27 heavy (non-hydrogen) atoms. The molecule has 0 N–H and O–H groups in total. The van der Waals surface area contributed by atoms with Gasteiger partial charge in [-0.05, 0) is 37.1 Å². The average molecular weight is 384 g/mol. The number of hydrogen-bond donors (Lipinski definition) is 0. The molecule has 0 amide bonds.